The minimum absolute atomic E-state index is 0.270. The van der Waals surface area contributed by atoms with Crippen molar-refractivity contribution in [2.24, 2.45) is 0 Å². The largest absolute Gasteiger partial charge is 0.469 e. The Morgan fingerprint density at radius 3 is 2.31 bits per heavy atom. The van der Waals surface area contributed by atoms with E-state index in [0.29, 0.717) is 17.8 Å². The van der Waals surface area contributed by atoms with Crippen molar-refractivity contribution in [2.75, 3.05) is 13.7 Å². The van der Waals surface area contributed by atoms with Crippen molar-refractivity contribution in [3.05, 3.63) is 84.0 Å². The summed E-state index contributed by atoms with van der Waals surface area (Å²) in [5.74, 6) is 0.959. The van der Waals surface area contributed by atoms with Crippen LogP contribution in [0.1, 0.15) is 54.8 Å². The first kappa shape index (κ1) is 25.5. The lowest BCUT2D eigenvalue weighted by Crippen LogP contribution is -2.28. The van der Waals surface area contributed by atoms with Crippen LogP contribution in [-0.4, -0.2) is 44.3 Å². The lowest BCUT2D eigenvalue weighted by atomic mass is 9.77. The van der Waals surface area contributed by atoms with Crippen LogP contribution in [0.3, 0.4) is 0 Å². The van der Waals surface area contributed by atoms with Crippen LogP contribution in [0.2, 0.25) is 0 Å². The number of hydrogen-bond donors (Lipinski definition) is 3. The van der Waals surface area contributed by atoms with E-state index in [1.54, 1.807) is 30.9 Å². The molecule has 0 amide bonds. The number of ether oxygens (including phenoxy) is 1. The van der Waals surface area contributed by atoms with Crippen LogP contribution in [0.25, 0.3) is 17.2 Å². The van der Waals surface area contributed by atoms with Crippen LogP contribution >= 0.6 is 7.82 Å². The molecule has 0 bridgehead atoms. The summed E-state index contributed by atoms with van der Waals surface area (Å²) in [7, 11) is -2.88. The molecule has 9 heteroatoms. The third-order valence-electron chi connectivity index (χ3n) is 6.41. The van der Waals surface area contributed by atoms with Crippen LogP contribution in [0, 0.1) is 0 Å². The average Bonchev–Trinajstić information content (AvgIpc) is 3.29. The molecule has 0 unspecified atom stereocenters. The van der Waals surface area contributed by atoms with E-state index in [-0.39, 0.29) is 6.61 Å². The summed E-state index contributed by atoms with van der Waals surface area (Å²) in [6, 6.07) is 16.2. The smallest absolute Gasteiger partial charge is 0.385 e. The van der Waals surface area contributed by atoms with Crippen LogP contribution in [0.4, 0.5) is 0 Å². The Labute approximate surface area is 205 Å². The van der Waals surface area contributed by atoms with Crippen LogP contribution < -0.4 is 0 Å². The molecule has 1 saturated carbocycles. The van der Waals surface area contributed by atoms with Gasteiger partial charge in [-0.2, -0.15) is 0 Å². The quantitative estimate of drug-likeness (QED) is 0.342. The van der Waals surface area contributed by atoms with Gasteiger partial charge < -0.3 is 24.2 Å². The molecule has 1 aliphatic carbocycles. The van der Waals surface area contributed by atoms with E-state index in [1.165, 1.54) is 11.8 Å². The lowest BCUT2D eigenvalue weighted by Gasteiger charge is -2.34. The molecule has 2 aromatic carbocycles. The zero-order valence-corrected chi connectivity index (χ0v) is 20.7. The summed E-state index contributed by atoms with van der Waals surface area (Å²) in [6.07, 6.45) is 8.51. The van der Waals surface area contributed by atoms with Gasteiger partial charge in [-0.3, -0.25) is 4.52 Å². The number of aliphatic hydroxyl groups is 1. The fraction of sp³-hybridized carbons (Fsp3) is 0.346. The SMILES string of the molecule is COC1CC(c2ccc(-c3ccc(/C=C/[C@@H](COP(=O)(O)O)n4ccnc4[C@H](C)O)cc3)cc2)C1. The van der Waals surface area contributed by atoms with Gasteiger partial charge in [0.05, 0.1) is 18.8 Å². The van der Waals surface area contributed by atoms with Gasteiger partial charge in [-0.15, -0.1) is 0 Å². The zero-order chi connectivity index (χ0) is 25.0. The van der Waals surface area contributed by atoms with Crippen LogP contribution in [0.5, 0.6) is 0 Å². The van der Waals surface area contributed by atoms with Gasteiger partial charge in [0.1, 0.15) is 11.9 Å². The molecule has 1 aromatic heterocycles. The van der Waals surface area contributed by atoms with E-state index in [2.05, 4.69) is 29.2 Å². The molecule has 1 fully saturated rings. The second kappa shape index (κ2) is 11.0. The summed E-state index contributed by atoms with van der Waals surface area (Å²) in [4.78, 5) is 22.4. The molecule has 3 aromatic rings. The maximum Gasteiger partial charge on any atom is 0.469 e. The highest BCUT2D eigenvalue weighted by Crippen LogP contribution is 2.39. The molecule has 8 nitrogen and oxygen atoms in total. The van der Waals surface area contributed by atoms with Crippen molar-refractivity contribution in [1.82, 2.24) is 9.55 Å². The minimum Gasteiger partial charge on any atom is -0.385 e. The molecular weight excluding hydrogens is 467 g/mol. The minimum atomic E-state index is -4.65. The van der Waals surface area contributed by atoms with Gasteiger partial charge in [0.2, 0.25) is 0 Å². The zero-order valence-electron chi connectivity index (χ0n) is 19.8. The number of rotatable bonds is 10. The molecule has 3 N–H and O–H groups in total. The van der Waals surface area contributed by atoms with Crippen molar-refractivity contribution in [1.29, 1.82) is 0 Å². The van der Waals surface area contributed by atoms with Gasteiger partial charge in [0, 0.05) is 19.5 Å². The Morgan fingerprint density at radius 2 is 1.74 bits per heavy atom. The average molecular weight is 499 g/mol. The number of aromatic nitrogens is 2. The number of nitrogens with zero attached hydrogens (tertiary/aromatic N) is 2. The number of phosphoric acid groups is 1. The van der Waals surface area contributed by atoms with E-state index >= 15 is 0 Å². The highest BCUT2D eigenvalue weighted by molar-refractivity contribution is 7.46. The normalized spacial score (nSPS) is 20.0. The summed E-state index contributed by atoms with van der Waals surface area (Å²) in [5.41, 5.74) is 4.51. The topological polar surface area (TPSA) is 114 Å². The maximum atomic E-state index is 11.2. The first-order chi connectivity index (χ1) is 16.7. The van der Waals surface area contributed by atoms with Crippen molar-refractivity contribution in [3.8, 4) is 11.1 Å². The van der Waals surface area contributed by atoms with Gasteiger partial charge in [-0.25, -0.2) is 9.55 Å². The molecule has 2 atom stereocenters. The van der Waals surface area contributed by atoms with Crippen molar-refractivity contribution < 1.29 is 28.7 Å². The molecule has 0 spiro atoms. The molecule has 0 aliphatic heterocycles. The van der Waals surface area contributed by atoms with E-state index in [1.807, 2.05) is 30.3 Å². The van der Waals surface area contributed by atoms with Crippen molar-refractivity contribution in [2.45, 2.75) is 43.9 Å². The first-order valence-corrected chi connectivity index (χ1v) is 13.1. The van der Waals surface area contributed by atoms with Crippen molar-refractivity contribution >= 4 is 13.9 Å². The highest BCUT2D eigenvalue weighted by Gasteiger charge is 2.30. The number of hydrogen-bond acceptors (Lipinski definition) is 5. The summed E-state index contributed by atoms with van der Waals surface area (Å²) in [5, 5.41) is 9.97. The Balaban J connectivity index is 1.46. The van der Waals surface area contributed by atoms with E-state index in [0.717, 1.165) is 29.5 Å². The number of aliphatic hydroxyl groups excluding tert-OH is 1. The highest BCUT2D eigenvalue weighted by atomic mass is 31.2. The van der Waals surface area contributed by atoms with E-state index in [9.17, 15) is 9.67 Å². The fourth-order valence-corrected chi connectivity index (χ4v) is 4.66. The number of methoxy groups -OCH3 is 1. The third kappa shape index (κ3) is 6.55. The first-order valence-electron chi connectivity index (χ1n) is 11.6. The predicted molar refractivity (Wildman–Crippen MR) is 134 cm³/mol. The summed E-state index contributed by atoms with van der Waals surface area (Å²) < 4.78 is 23.0. The molecule has 1 heterocycles. The molecule has 186 valence electrons. The number of phosphoric ester groups is 1. The van der Waals surface area contributed by atoms with Crippen LogP contribution in [0.15, 0.2) is 67.0 Å². The number of imidazole rings is 1. The van der Waals surface area contributed by atoms with E-state index in [4.69, 9.17) is 19.0 Å². The van der Waals surface area contributed by atoms with Gasteiger partial charge >= 0.3 is 7.82 Å². The second-order valence-electron chi connectivity index (χ2n) is 8.85. The molecule has 1 aliphatic rings. The van der Waals surface area contributed by atoms with E-state index < -0.39 is 20.0 Å². The molecule has 35 heavy (non-hydrogen) atoms. The standard InChI is InChI=1S/C26H31N2O6P/c1-18(29)26-27-13-14-28(26)24(17-34-35(30,31)32)12-5-19-3-6-20(7-4-19)21-8-10-22(11-9-21)23-15-25(16-23)33-2/h3-14,18,23-25,29H,15-17H2,1-2H3,(H2,30,31,32)/b12-5+/t18-,23?,24-,25?/m0/s1. The summed E-state index contributed by atoms with van der Waals surface area (Å²) in [6.45, 7) is 1.31. The molecular formula is C26H31N2O6P. The summed E-state index contributed by atoms with van der Waals surface area (Å²) >= 11 is 0. The van der Waals surface area contributed by atoms with Crippen LogP contribution in [-0.2, 0) is 13.8 Å². The van der Waals surface area contributed by atoms with Crippen molar-refractivity contribution in [3.63, 3.8) is 0 Å². The second-order valence-corrected chi connectivity index (χ2v) is 10.1. The van der Waals surface area contributed by atoms with Gasteiger partial charge in [0.15, 0.2) is 0 Å². The molecule has 0 radical (unpaired) electrons. The fourth-order valence-electron chi connectivity index (χ4n) is 4.32. The van der Waals surface area contributed by atoms with Gasteiger partial charge in [-0.05, 0) is 47.9 Å². The van der Waals surface area contributed by atoms with Gasteiger partial charge in [-0.1, -0.05) is 60.7 Å². The Hall–Kier alpha value is -2.58. The third-order valence-corrected chi connectivity index (χ3v) is 6.89. The Morgan fingerprint density at radius 1 is 1.11 bits per heavy atom. The Kier molecular flexibility index (Phi) is 8.02. The molecule has 0 saturated heterocycles. The monoisotopic (exact) mass is 498 g/mol. The van der Waals surface area contributed by atoms with Gasteiger partial charge in [0.25, 0.3) is 0 Å². The number of benzene rings is 2. The molecule has 4 rings (SSSR count). The maximum absolute atomic E-state index is 11.2. The Bertz CT molecular complexity index is 1180. The predicted octanol–water partition coefficient (Wildman–Crippen LogP) is 4.86. The lowest BCUT2D eigenvalue weighted by molar-refractivity contribution is 0.0258.